The highest BCUT2D eigenvalue weighted by Crippen LogP contribution is 2.33. The molecule has 1 aromatic carbocycles. The first kappa shape index (κ1) is 12.7. The SMILES string of the molecule is OCCc1ccc(Cc2nccc3c2CCS3)cc1. The van der Waals surface area contributed by atoms with Gasteiger partial charge in [0.15, 0.2) is 0 Å². The highest BCUT2D eigenvalue weighted by atomic mass is 32.2. The van der Waals surface area contributed by atoms with Crippen LogP contribution in [0.1, 0.15) is 22.4 Å². The lowest BCUT2D eigenvalue weighted by molar-refractivity contribution is 0.299. The summed E-state index contributed by atoms with van der Waals surface area (Å²) in [5.74, 6) is 1.18. The first-order valence-electron chi connectivity index (χ1n) is 6.65. The zero-order valence-electron chi connectivity index (χ0n) is 10.8. The van der Waals surface area contributed by atoms with E-state index in [-0.39, 0.29) is 6.61 Å². The number of aromatic nitrogens is 1. The average Bonchev–Trinajstić information content (AvgIpc) is 2.91. The van der Waals surface area contributed by atoms with E-state index in [1.165, 1.54) is 33.0 Å². The molecule has 0 unspecified atom stereocenters. The molecule has 0 saturated heterocycles. The monoisotopic (exact) mass is 271 g/mol. The molecule has 0 amide bonds. The van der Waals surface area contributed by atoms with Gasteiger partial charge >= 0.3 is 0 Å². The maximum atomic E-state index is 8.92. The van der Waals surface area contributed by atoms with Crippen LogP contribution in [0.3, 0.4) is 0 Å². The number of rotatable bonds is 4. The van der Waals surface area contributed by atoms with E-state index >= 15 is 0 Å². The quantitative estimate of drug-likeness (QED) is 0.928. The Morgan fingerprint density at radius 1 is 1.11 bits per heavy atom. The molecule has 1 aliphatic rings. The lowest BCUT2D eigenvalue weighted by atomic mass is 10.0. The van der Waals surface area contributed by atoms with Gasteiger partial charge in [-0.25, -0.2) is 0 Å². The second kappa shape index (κ2) is 5.76. The van der Waals surface area contributed by atoms with Crippen LogP contribution in [0, 0.1) is 0 Å². The second-order valence-corrected chi connectivity index (χ2v) is 5.94. The van der Waals surface area contributed by atoms with Crippen molar-refractivity contribution in [3.63, 3.8) is 0 Å². The van der Waals surface area contributed by atoms with Crippen molar-refractivity contribution < 1.29 is 5.11 Å². The normalized spacial score (nSPS) is 13.5. The summed E-state index contributed by atoms with van der Waals surface area (Å²) >= 11 is 1.93. The standard InChI is InChI=1S/C16H17NOS/c18-9-6-12-1-3-13(4-2-12)11-15-14-7-10-19-16(14)5-8-17-15/h1-5,8,18H,6-7,9-11H2. The molecule has 1 aliphatic heterocycles. The van der Waals surface area contributed by atoms with Crippen molar-refractivity contribution in [1.82, 2.24) is 4.98 Å². The van der Waals surface area contributed by atoms with E-state index in [9.17, 15) is 0 Å². The maximum Gasteiger partial charge on any atom is 0.0490 e. The van der Waals surface area contributed by atoms with Gasteiger partial charge in [-0.15, -0.1) is 11.8 Å². The fraction of sp³-hybridized carbons (Fsp3) is 0.312. The molecular formula is C16H17NOS. The number of hydrogen-bond donors (Lipinski definition) is 1. The van der Waals surface area contributed by atoms with Crippen molar-refractivity contribution in [3.8, 4) is 0 Å². The molecule has 1 aromatic heterocycles. The second-order valence-electron chi connectivity index (χ2n) is 4.80. The molecule has 19 heavy (non-hydrogen) atoms. The van der Waals surface area contributed by atoms with Gasteiger partial charge in [0.1, 0.15) is 0 Å². The molecule has 0 radical (unpaired) electrons. The van der Waals surface area contributed by atoms with Crippen molar-refractivity contribution in [3.05, 3.63) is 58.9 Å². The van der Waals surface area contributed by atoms with Gasteiger partial charge in [-0.05, 0) is 35.6 Å². The third-order valence-corrected chi connectivity index (χ3v) is 4.61. The summed E-state index contributed by atoms with van der Waals surface area (Å²) in [5.41, 5.74) is 5.14. The van der Waals surface area contributed by atoms with Gasteiger partial charge in [0.2, 0.25) is 0 Å². The van der Waals surface area contributed by atoms with Crippen LogP contribution in [-0.4, -0.2) is 22.5 Å². The molecule has 98 valence electrons. The predicted molar refractivity (Wildman–Crippen MR) is 78.7 cm³/mol. The van der Waals surface area contributed by atoms with Gasteiger partial charge in [-0.2, -0.15) is 0 Å². The summed E-state index contributed by atoms with van der Waals surface area (Å²) in [6, 6.07) is 10.6. The Morgan fingerprint density at radius 3 is 2.68 bits per heavy atom. The minimum atomic E-state index is 0.213. The number of fused-ring (bicyclic) bond motifs is 1. The predicted octanol–water partition coefficient (Wildman–Crippen LogP) is 2.86. The fourth-order valence-electron chi connectivity index (χ4n) is 2.48. The molecule has 1 N–H and O–H groups in total. The summed E-state index contributed by atoms with van der Waals surface area (Å²) in [6.07, 6.45) is 4.71. The maximum absolute atomic E-state index is 8.92. The number of thioether (sulfide) groups is 1. The molecule has 2 aromatic rings. The highest BCUT2D eigenvalue weighted by molar-refractivity contribution is 7.99. The lowest BCUT2D eigenvalue weighted by Gasteiger charge is -2.07. The summed E-state index contributed by atoms with van der Waals surface area (Å²) in [5, 5.41) is 8.92. The topological polar surface area (TPSA) is 33.1 Å². The van der Waals surface area contributed by atoms with Crippen LogP contribution in [0.4, 0.5) is 0 Å². The van der Waals surface area contributed by atoms with Crippen molar-refractivity contribution >= 4 is 11.8 Å². The van der Waals surface area contributed by atoms with Gasteiger partial charge in [0.25, 0.3) is 0 Å². The first-order chi connectivity index (χ1) is 9.36. The molecule has 0 bridgehead atoms. The van der Waals surface area contributed by atoms with Crippen LogP contribution in [0.5, 0.6) is 0 Å². The fourth-order valence-corrected chi connectivity index (χ4v) is 3.56. The van der Waals surface area contributed by atoms with Crippen LogP contribution in [-0.2, 0) is 19.3 Å². The molecule has 0 fully saturated rings. The Morgan fingerprint density at radius 2 is 1.89 bits per heavy atom. The molecule has 2 heterocycles. The molecule has 0 atom stereocenters. The molecule has 0 aliphatic carbocycles. The van der Waals surface area contributed by atoms with Crippen LogP contribution in [0.25, 0.3) is 0 Å². The Kier molecular flexibility index (Phi) is 3.85. The van der Waals surface area contributed by atoms with Gasteiger partial charge in [-0.3, -0.25) is 4.98 Å². The number of nitrogens with zero attached hydrogens (tertiary/aromatic N) is 1. The van der Waals surface area contributed by atoms with Crippen molar-refractivity contribution in [2.45, 2.75) is 24.2 Å². The molecule has 0 saturated carbocycles. The van der Waals surface area contributed by atoms with Crippen molar-refractivity contribution in [2.24, 2.45) is 0 Å². The Labute approximate surface area is 117 Å². The van der Waals surface area contributed by atoms with Gasteiger partial charge in [-0.1, -0.05) is 24.3 Å². The van der Waals surface area contributed by atoms with Gasteiger partial charge < -0.3 is 5.11 Å². The van der Waals surface area contributed by atoms with Crippen LogP contribution in [0.15, 0.2) is 41.4 Å². The molecule has 2 nitrogen and oxygen atoms in total. The van der Waals surface area contributed by atoms with Gasteiger partial charge in [0, 0.05) is 35.6 Å². The Hall–Kier alpha value is -1.32. The Bertz CT molecular complexity index is 565. The largest absolute Gasteiger partial charge is 0.396 e. The minimum absolute atomic E-state index is 0.213. The summed E-state index contributed by atoms with van der Waals surface area (Å²) < 4.78 is 0. The number of pyridine rings is 1. The molecule has 0 spiro atoms. The molecule has 3 heteroatoms. The van der Waals surface area contributed by atoms with E-state index in [0.29, 0.717) is 0 Å². The van der Waals surface area contributed by atoms with E-state index in [0.717, 1.165) is 19.3 Å². The smallest absolute Gasteiger partial charge is 0.0490 e. The van der Waals surface area contributed by atoms with Crippen LogP contribution in [0.2, 0.25) is 0 Å². The minimum Gasteiger partial charge on any atom is -0.396 e. The van der Waals surface area contributed by atoms with E-state index in [1.54, 1.807) is 0 Å². The van der Waals surface area contributed by atoms with Gasteiger partial charge in [0.05, 0.1) is 0 Å². The average molecular weight is 271 g/mol. The summed E-state index contributed by atoms with van der Waals surface area (Å²) in [6.45, 7) is 0.213. The van der Waals surface area contributed by atoms with Crippen molar-refractivity contribution in [1.29, 1.82) is 0 Å². The third-order valence-electron chi connectivity index (χ3n) is 3.51. The summed E-state index contributed by atoms with van der Waals surface area (Å²) in [7, 11) is 0. The van der Waals surface area contributed by atoms with E-state index in [4.69, 9.17) is 5.11 Å². The highest BCUT2D eigenvalue weighted by Gasteiger charge is 2.16. The Balaban J connectivity index is 1.80. The number of aliphatic hydroxyl groups is 1. The zero-order valence-corrected chi connectivity index (χ0v) is 11.6. The van der Waals surface area contributed by atoms with E-state index < -0.39 is 0 Å². The van der Waals surface area contributed by atoms with E-state index in [2.05, 4.69) is 35.3 Å². The molecule has 3 rings (SSSR count). The van der Waals surface area contributed by atoms with Crippen LogP contribution < -0.4 is 0 Å². The number of hydrogen-bond acceptors (Lipinski definition) is 3. The number of benzene rings is 1. The third kappa shape index (κ3) is 2.82. The van der Waals surface area contributed by atoms with Crippen LogP contribution >= 0.6 is 11.8 Å². The lowest BCUT2D eigenvalue weighted by Crippen LogP contribution is -1.99. The first-order valence-corrected chi connectivity index (χ1v) is 7.63. The van der Waals surface area contributed by atoms with E-state index in [1.807, 2.05) is 18.0 Å². The zero-order chi connectivity index (χ0) is 13.1. The molecular weight excluding hydrogens is 254 g/mol. The van der Waals surface area contributed by atoms with Crippen molar-refractivity contribution in [2.75, 3.05) is 12.4 Å². The number of aliphatic hydroxyl groups excluding tert-OH is 1. The summed E-state index contributed by atoms with van der Waals surface area (Å²) in [4.78, 5) is 5.96.